The van der Waals surface area contributed by atoms with Gasteiger partial charge >= 0.3 is 36.0 Å². The molecule has 0 aliphatic carbocycles. The van der Waals surface area contributed by atoms with Gasteiger partial charge in [-0.1, -0.05) is 0 Å². The predicted octanol–water partition coefficient (Wildman–Crippen LogP) is 6.29. The molecular weight excluding hydrogens is 500 g/mol. The minimum atomic E-state index is -7.67. The molecule has 1 aromatic carbocycles. The summed E-state index contributed by atoms with van der Waals surface area (Å²) in [5, 5.41) is 17.1. The van der Waals surface area contributed by atoms with Crippen molar-refractivity contribution in [2.75, 3.05) is 0 Å². The molecule has 0 aliphatic heterocycles. The zero-order valence-electron chi connectivity index (χ0n) is 13.9. The molecule has 0 aromatic heterocycles. The second-order valence-electron chi connectivity index (χ2n) is 5.66. The first-order valence-corrected chi connectivity index (χ1v) is 6.97. The second-order valence-corrected chi connectivity index (χ2v) is 5.66. The first-order valence-electron chi connectivity index (χ1n) is 6.97. The number of hydrogen-bond donors (Lipinski definition) is 0. The Hall–Kier alpha value is -2.92. The summed E-state index contributed by atoms with van der Waals surface area (Å²) in [5.41, 5.74) is -29.5. The fourth-order valence-electron chi connectivity index (χ4n) is 2.43. The van der Waals surface area contributed by atoms with Crippen molar-refractivity contribution in [1.82, 2.24) is 0 Å². The third-order valence-electron chi connectivity index (χ3n) is 3.85. The predicted molar refractivity (Wildman–Crippen MR) is 65.6 cm³/mol. The number of halogens is 16. The van der Waals surface area contributed by atoms with E-state index in [1.807, 2.05) is 0 Å². The van der Waals surface area contributed by atoms with E-state index in [2.05, 4.69) is 0 Å². The van der Waals surface area contributed by atoms with Crippen LogP contribution in [-0.2, 0) is 11.3 Å². The van der Waals surface area contributed by atoms with Gasteiger partial charge in [0.2, 0.25) is 0 Å². The minimum absolute atomic E-state index is 0.203. The first kappa shape index (κ1) is 27.1. The largest absolute Gasteiger partial charge is 0.436 e. The number of rotatable bonds is 2. The highest BCUT2D eigenvalue weighted by molar-refractivity contribution is 5.57. The Bertz CT molecular complexity index is 886. The van der Waals surface area contributed by atoms with E-state index in [1.54, 1.807) is 0 Å². The van der Waals surface area contributed by atoms with Gasteiger partial charge in [-0.25, -0.2) is 17.6 Å². The maximum atomic E-state index is 14.3. The molecule has 0 aliphatic rings. The smallest absolute Gasteiger partial charge is 0.218 e. The topological polar surface area (TPSA) is 47.6 Å². The van der Waals surface area contributed by atoms with Crippen LogP contribution in [0.25, 0.3) is 0 Å². The summed E-state index contributed by atoms with van der Waals surface area (Å²) in [7, 11) is 0. The fourth-order valence-corrected chi connectivity index (χ4v) is 2.43. The molecule has 0 radical (unpaired) electrons. The summed E-state index contributed by atoms with van der Waals surface area (Å²) in [6.07, 6.45) is -30.7. The van der Waals surface area contributed by atoms with Crippen LogP contribution in [0, 0.1) is 34.3 Å². The van der Waals surface area contributed by atoms with E-state index in [9.17, 15) is 70.2 Å². The number of alkyl halides is 14. The van der Waals surface area contributed by atoms with Crippen LogP contribution in [0.5, 0.6) is 0 Å². The molecule has 2 nitrogen and oxygen atoms in total. The van der Waals surface area contributed by atoms with Crippen LogP contribution in [0.1, 0.15) is 22.3 Å². The van der Waals surface area contributed by atoms with Crippen molar-refractivity contribution in [1.29, 1.82) is 10.5 Å². The summed E-state index contributed by atoms with van der Waals surface area (Å²) in [6, 6.07) is 0.407. The van der Waals surface area contributed by atoms with E-state index < -0.39 is 69.9 Å². The Balaban J connectivity index is 4.75. The molecule has 0 amide bonds. The third-order valence-corrected chi connectivity index (χ3v) is 3.85. The molecule has 0 fully saturated rings. The van der Waals surface area contributed by atoms with Gasteiger partial charge in [0.05, 0.1) is 11.1 Å². The molecule has 0 atom stereocenters. The van der Waals surface area contributed by atoms with Crippen molar-refractivity contribution >= 4 is 0 Å². The second kappa shape index (κ2) is 7.31. The van der Waals surface area contributed by atoms with Gasteiger partial charge in [-0.05, 0) is 0 Å². The van der Waals surface area contributed by atoms with Crippen LogP contribution in [0.4, 0.5) is 70.2 Å². The molecule has 1 aromatic rings. The number of nitrogens with zero attached hydrogens (tertiary/aromatic N) is 2. The van der Waals surface area contributed by atoms with E-state index in [0.29, 0.717) is 0 Å². The van der Waals surface area contributed by atoms with E-state index in [0.717, 1.165) is 0 Å². The minimum Gasteiger partial charge on any atom is -0.218 e. The Labute approximate surface area is 164 Å². The molecule has 32 heavy (non-hydrogen) atoms. The van der Waals surface area contributed by atoms with Gasteiger partial charge in [0.25, 0.3) is 0 Å². The lowest BCUT2D eigenvalue weighted by Crippen LogP contribution is -2.57. The van der Waals surface area contributed by atoms with Crippen LogP contribution in [0.2, 0.25) is 0 Å². The lowest BCUT2D eigenvalue weighted by Gasteiger charge is -2.37. The SMILES string of the molecule is N#Cc1c(F)c(C(F)(C(F)(F)F)C(F)(F)F)c(C(F)(C(F)(F)F)C(F)(F)F)c(F)c1C#N. The molecule has 0 bridgehead atoms. The monoisotopic (exact) mass is 500 g/mol. The van der Waals surface area contributed by atoms with Gasteiger partial charge in [-0.3, -0.25) is 0 Å². The highest BCUT2D eigenvalue weighted by Crippen LogP contribution is 2.61. The molecule has 0 spiro atoms. The number of nitriles is 2. The van der Waals surface area contributed by atoms with Crippen LogP contribution < -0.4 is 0 Å². The van der Waals surface area contributed by atoms with Gasteiger partial charge in [0.1, 0.15) is 34.9 Å². The standard InChI is InChI=1S/C14F16N2/c15-7-3(1-31)4(2-32)8(16)6(10(18,13(25,26)27)14(28,29)30)5(7)9(17,11(19,20)21)12(22,23)24. The van der Waals surface area contributed by atoms with Crippen molar-refractivity contribution in [3.05, 3.63) is 33.9 Å². The van der Waals surface area contributed by atoms with Crippen LogP contribution in [0.3, 0.4) is 0 Å². The van der Waals surface area contributed by atoms with Crippen molar-refractivity contribution in [2.45, 2.75) is 36.0 Å². The van der Waals surface area contributed by atoms with Crippen molar-refractivity contribution < 1.29 is 70.2 Å². The molecular formula is C14F16N2. The Kier molecular flexibility index (Phi) is 6.19. The van der Waals surface area contributed by atoms with Gasteiger partial charge in [0.15, 0.2) is 0 Å². The average Bonchev–Trinajstić information content (AvgIpc) is 2.57. The maximum Gasteiger partial charge on any atom is 0.436 e. The normalized spacial score (nSPS) is 14.2. The van der Waals surface area contributed by atoms with Crippen molar-refractivity contribution in [3.63, 3.8) is 0 Å². The van der Waals surface area contributed by atoms with Gasteiger partial charge in [-0.15, -0.1) is 0 Å². The van der Waals surface area contributed by atoms with Gasteiger partial charge in [-0.2, -0.15) is 63.2 Å². The Morgan fingerprint density at radius 3 is 0.750 bits per heavy atom. The van der Waals surface area contributed by atoms with Gasteiger partial charge < -0.3 is 0 Å². The van der Waals surface area contributed by atoms with E-state index in [1.165, 1.54) is 0 Å². The highest BCUT2D eigenvalue weighted by Gasteiger charge is 2.81. The fraction of sp³-hybridized carbons (Fsp3) is 0.429. The molecule has 178 valence electrons. The zero-order chi connectivity index (χ0) is 25.9. The summed E-state index contributed by atoms with van der Waals surface area (Å²) in [5.74, 6) is -7.65. The molecule has 0 N–H and O–H groups in total. The molecule has 18 heteroatoms. The molecule has 0 saturated carbocycles. The summed E-state index contributed by atoms with van der Waals surface area (Å²) in [6.45, 7) is 0. The summed E-state index contributed by atoms with van der Waals surface area (Å²) >= 11 is 0. The van der Waals surface area contributed by atoms with E-state index in [-0.39, 0.29) is 12.1 Å². The first-order chi connectivity index (χ1) is 14.0. The van der Waals surface area contributed by atoms with Crippen molar-refractivity contribution in [3.8, 4) is 12.1 Å². The molecule has 0 saturated heterocycles. The number of benzene rings is 1. The van der Waals surface area contributed by atoms with Crippen LogP contribution in [-0.4, -0.2) is 24.7 Å². The van der Waals surface area contributed by atoms with Crippen LogP contribution >= 0.6 is 0 Å². The lowest BCUT2D eigenvalue weighted by atomic mass is 9.79. The highest BCUT2D eigenvalue weighted by atomic mass is 19.4. The maximum absolute atomic E-state index is 14.3. The zero-order valence-corrected chi connectivity index (χ0v) is 13.9. The third kappa shape index (κ3) is 3.45. The average molecular weight is 500 g/mol. The lowest BCUT2D eigenvalue weighted by molar-refractivity contribution is -0.361. The summed E-state index contributed by atoms with van der Waals surface area (Å²) < 4.78 is 213. The van der Waals surface area contributed by atoms with Gasteiger partial charge in [0, 0.05) is 0 Å². The molecule has 1 rings (SSSR count). The van der Waals surface area contributed by atoms with E-state index >= 15 is 0 Å². The number of hydrogen-bond acceptors (Lipinski definition) is 2. The summed E-state index contributed by atoms with van der Waals surface area (Å²) in [4.78, 5) is 0. The Morgan fingerprint density at radius 2 is 0.625 bits per heavy atom. The quantitative estimate of drug-likeness (QED) is 0.449. The molecule has 0 heterocycles. The Morgan fingerprint density at radius 1 is 0.438 bits per heavy atom. The van der Waals surface area contributed by atoms with Crippen molar-refractivity contribution in [2.24, 2.45) is 0 Å². The van der Waals surface area contributed by atoms with E-state index in [4.69, 9.17) is 10.5 Å². The van der Waals surface area contributed by atoms with Crippen LogP contribution in [0.15, 0.2) is 0 Å². The molecule has 0 unspecified atom stereocenters.